The normalized spacial score (nSPS) is 16.4. The fraction of sp³-hybridized carbons (Fsp3) is 0.500. The van der Waals surface area contributed by atoms with E-state index in [1.165, 1.54) is 10.4 Å². The Hall–Kier alpha value is -2.19. The predicted molar refractivity (Wildman–Crippen MR) is 106 cm³/mol. The van der Waals surface area contributed by atoms with Gasteiger partial charge in [0.15, 0.2) is 0 Å². The molecule has 0 radical (unpaired) electrons. The molecule has 0 saturated carbocycles. The van der Waals surface area contributed by atoms with Gasteiger partial charge in [0.2, 0.25) is 10.0 Å². The molecule has 2 aromatic rings. The number of fused-ring (bicyclic) bond motifs is 1. The Bertz CT molecular complexity index is 1050. The average molecular weight is 407 g/mol. The van der Waals surface area contributed by atoms with Gasteiger partial charge >= 0.3 is 11.6 Å². The van der Waals surface area contributed by atoms with E-state index in [2.05, 4.69) is 0 Å². The Morgan fingerprint density at radius 1 is 1.21 bits per heavy atom. The second-order valence-electron chi connectivity index (χ2n) is 7.05. The molecule has 8 heteroatoms. The van der Waals surface area contributed by atoms with Crippen LogP contribution in [0.25, 0.3) is 11.0 Å². The predicted octanol–water partition coefficient (Wildman–Crippen LogP) is 2.63. The van der Waals surface area contributed by atoms with Crippen molar-refractivity contribution >= 4 is 27.0 Å². The number of carbonyl (C=O) groups is 1. The summed E-state index contributed by atoms with van der Waals surface area (Å²) in [7, 11) is -3.23. The minimum absolute atomic E-state index is 0.0592. The number of sulfonamides is 1. The third kappa shape index (κ3) is 4.12. The first-order chi connectivity index (χ1) is 13.2. The number of hydrogen-bond donors (Lipinski definition) is 0. The van der Waals surface area contributed by atoms with E-state index in [1.54, 1.807) is 13.0 Å². The SMILES string of the molecule is CCc1cc2c(C)cc(=O)oc2cc1OC(=O)C1CCN(S(=O)(=O)CC)CC1. The molecule has 0 atom stereocenters. The minimum atomic E-state index is -3.23. The molecule has 1 saturated heterocycles. The Labute approximate surface area is 164 Å². The highest BCUT2D eigenvalue weighted by molar-refractivity contribution is 7.89. The number of nitrogens with zero attached hydrogens (tertiary/aromatic N) is 1. The molecule has 2 heterocycles. The van der Waals surface area contributed by atoms with Crippen molar-refractivity contribution in [2.45, 2.75) is 40.0 Å². The van der Waals surface area contributed by atoms with Gasteiger partial charge in [-0.2, -0.15) is 0 Å². The monoisotopic (exact) mass is 407 g/mol. The van der Waals surface area contributed by atoms with Crippen LogP contribution in [0.5, 0.6) is 5.75 Å². The van der Waals surface area contributed by atoms with E-state index < -0.39 is 15.6 Å². The van der Waals surface area contributed by atoms with E-state index >= 15 is 0 Å². The smallest absolute Gasteiger partial charge is 0.336 e. The van der Waals surface area contributed by atoms with Gasteiger partial charge in [-0.05, 0) is 50.3 Å². The summed E-state index contributed by atoms with van der Waals surface area (Å²) in [6.07, 6.45) is 1.52. The van der Waals surface area contributed by atoms with Crippen LogP contribution >= 0.6 is 0 Å². The number of benzene rings is 1. The number of hydrogen-bond acceptors (Lipinski definition) is 6. The van der Waals surface area contributed by atoms with E-state index in [0.29, 0.717) is 43.7 Å². The van der Waals surface area contributed by atoms with Gasteiger partial charge in [0, 0.05) is 30.6 Å². The van der Waals surface area contributed by atoms with Crippen molar-refractivity contribution in [3.05, 3.63) is 39.7 Å². The van der Waals surface area contributed by atoms with Gasteiger partial charge < -0.3 is 9.15 Å². The number of esters is 1. The molecule has 3 rings (SSSR count). The van der Waals surface area contributed by atoms with Crippen molar-refractivity contribution in [1.29, 1.82) is 0 Å². The van der Waals surface area contributed by atoms with Crippen LogP contribution in [0.1, 0.15) is 37.8 Å². The van der Waals surface area contributed by atoms with Gasteiger partial charge in [0.05, 0.1) is 11.7 Å². The number of carbonyl (C=O) groups excluding carboxylic acids is 1. The lowest BCUT2D eigenvalue weighted by Crippen LogP contribution is -2.41. The minimum Gasteiger partial charge on any atom is -0.426 e. The third-order valence-corrected chi connectivity index (χ3v) is 7.15. The summed E-state index contributed by atoms with van der Waals surface area (Å²) in [5.74, 6) is -0.285. The number of aryl methyl sites for hydroxylation is 2. The summed E-state index contributed by atoms with van der Waals surface area (Å²) in [5, 5.41) is 0.814. The van der Waals surface area contributed by atoms with Crippen LogP contribution in [0.3, 0.4) is 0 Å². The Balaban J connectivity index is 1.79. The van der Waals surface area contributed by atoms with E-state index in [0.717, 1.165) is 16.5 Å². The first-order valence-electron chi connectivity index (χ1n) is 9.52. The Kier molecular flexibility index (Phi) is 5.90. The maximum Gasteiger partial charge on any atom is 0.336 e. The van der Waals surface area contributed by atoms with Crippen LogP contribution < -0.4 is 10.4 Å². The molecule has 1 aromatic carbocycles. The first-order valence-corrected chi connectivity index (χ1v) is 11.1. The van der Waals surface area contributed by atoms with E-state index in [1.807, 2.05) is 19.9 Å². The summed E-state index contributed by atoms with van der Waals surface area (Å²) < 4.78 is 36.2. The van der Waals surface area contributed by atoms with Crippen LogP contribution in [0.2, 0.25) is 0 Å². The van der Waals surface area contributed by atoms with Crippen molar-refractivity contribution in [3.8, 4) is 5.75 Å². The highest BCUT2D eigenvalue weighted by Crippen LogP contribution is 2.29. The quantitative estimate of drug-likeness (QED) is 0.430. The summed E-state index contributed by atoms with van der Waals surface area (Å²) >= 11 is 0. The van der Waals surface area contributed by atoms with Crippen LogP contribution in [-0.4, -0.2) is 37.5 Å². The van der Waals surface area contributed by atoms with E-state index in [4.69, 9.17) is 9.15 Å². The molecule has 0 spiro atoms. The summed E-state index contributed by atoms with van der Waals surface area (Å²) in [6.45, 7) is 6.05. The summed E-state index contributed by atoms with van der Waals surface area (Å²) in [5.41, 5.74) is 1.59. The molecular formula is C20H25NO6S. The van der Waals surface area contributed by atoms with Crippen molar-refractivity contribution < 1.29 is 22.4 Å². The molecule has 0 amide bonds. The molecular weight excluding hydrogens is 382 g/mol. The zero-order valence-corrected chi connectivity index (χ0v) is 17.2. The molecule has 0 unspecified atom stereocenters. The first kappa shape index (κ1) is 20.5. The second kappa shape index (κ2) is 8.05. The maximum absolute atomic E-state index is 12.6. The molecule has 1 aliphatic rings. The molecule has 7 nitrogen and oxygen atoms in total. The third-order valence-electron chi connectivity index (χ3n) is 5.27. The van der Waals surface area contributed by atoms with Crippen molar-refractivity contribution in [2.24, 2.45) is 5.92 Å². The highest BCUT2D eigenvalue weighted by Gasteiger charge is 2.31. The lowest BCUT2D eigenvalue weighted by Gasteiger charge is -2.29. The zero-order chi connectivity index (χ0) is 20.5. The molecule has 1 aromatic heterocycles. The standard InChI is InChI=1S/C20H25NO6S/c1-4-14-11-16-13(3)10-19(22)26-18(16)12-17(14)27-20(23)15-6-8-21(9-7-15)28(24,25)5-2/h10-12,15H,4-9H2,1-3H3. The Morgan fingerprint density at radius 3 is 2.50 bits per heavy atom. The second-order valence-corrected chi connectivity index (χ2v) is 9.31. The van der Waals surface area contributed by atoms with Gasteiger partial charge in [-0.25, -0.2) is 17.5 Å². The van der Waals surface area contributed by atoms with Crippen molar-refractivity contribution in [2.75, 3.05) is 18.8 Å². The molecule has 0 N–H and O–H groups in total. The van der Waals surface area contributed by atoms with Crippen molar-refractivity contribution in [3.63, 3.8) is 0 Å². The average Bonchev–Trinajstić information content (AvgIpc) is 2.67. The summed E-state index contributed by atoms with van der Waals surface area (Å²) in [6, 6.07) is 4.91. The number of piperidine rings is 1. The van der Waals surface area contributed by atoms with E-state index in [-0.39, 0.29) is 17.6 Å². The molecule has 0 aliphatic carbocycles. The fourth-order valence-corrected chi connectivity index (χ4v) is 4.64. The lowest BCUT2D eigenvalue weighted by molar-refractivity contribution is -0.140. The lowest BCUT2D eigenvalue weighted by atomic mass is 9.98. The van der Waals surface area contributed by atoms with Crippen LogP contribution in [0.4, 0.5) is 0 Å². The van der Waals surface area contributed by atoms with Gasteiger partial charge in [0.25, 0.3) is 0 Å². The van der Waals surface area contributed by atoms with E-state index in [9.17, 15) is 18.0 Å². The molecule has 1 fully saturated rings. The topological polar surface area (TPSA) is 93.9 Å². The largest absolute Gasteiger partial charge is 0.426 e. The molecule has 0 bridgehead atoms. The fourth-order valence-electron chi connectivity index (χ4n) is 3.51. The molecule has 1 aliphatic heterocycles. The van der Waals surface area contributed by atoms with Crippen LogP contribution in [0, 0.1) is 12.8 Å². The number of ether oxygens (including phenoxy) is 1. The zero-order valence-electron chi connectivity index (χ0n) is 16.4. The van der Waals surface area contributed by atoms with Gasteiger partial charge in [-0.1, -0.05) is 6.92 Å². The maximum atomic E-state index is 12.6. The molecule has 152 valence electrons. The van der Waals surface area contributed by atoms with Crippen molar-refractivity contribution in [1.82, 2.24) is 4.31 Å². The van der Waals surface area contributed by atoms with Crippen LogP contribution in [-0.2, 0) is 21.2 Å². The summed E-state index contributed by atoms with van der Waals surface area (Å²) in [4.78, 5) is 24.3. The molecule has 28 heavy (non-hydrogen) atoms. The number of rotatable bonds is 5. The van der Waals surface area contributed by atoms with Gasteiger partial charge in [-0.15, -0.1) is 0 Å². The van der Waals surface area contributed by atoms with Gasteiger partial charge in [0.1, 0.15) is 11.3 Å². The van der Waals surface area contributed by atoms with Crippen LogP contribution in [0.15, 0.2) is 27.4 Å². The van der Waals surface area contributed by atoms with Gasteiger partial charge in [-0.3, -0.25) is 4.79 Å². The Morgan fingerprint density at radius 2 is 1.89 bits per heavy atom. The highest BCUT2D eigenvalue weighted by atomic mass is 32.2.